The lowest BCUT2D eigenvalue weighted by atomic mass is 9.88. The highest BCUT2D eigenvalue weighted by Gasteiger charge is 2.25. The average Bonchev–Trinajstić information content (AvgIpc) is 3.13. The van der Waals surface area contributed by atoms with Gasteiger partial charge in [-0.3, -0.25) is 4.79 Å². The van der Waals surface area contributed by atoms with E-state index in [-0.39, 0.29) is 23.5 Å². The maximum Gasteiger partial charge on any atom is 0.434 e. The number of aromatic amines is 1. The van der Waals surface area contributed by atoms with E-state index < -0.39 is 11.8 Å². The van der Waals surface area contributed by atoms with Gasteiger partial charge in [-0.15, -0.1) is 17.7 Å². The number of benzene rings is 2. The fraction of sp³-hybridized carbons (Fsp3) is 0.286. The first kappa shape index (κ1) is 24.6. The molecule has 0 radical (unpaired) electrons. The van der Waals surface area contributed by atoms with Crippen molar-refractivity contribution >= 4 is 35.8 Å². The van der Waals surface area contributed by atoms with Gasteiger partial charge in [-0.1, -0.05) is 24.6 Å². The standard InChI is InChI=1S/C13H16FN3O2.C8H8ClNOS/c1-6-4-5-9(14)10(7(6)2)8(3)11(15)12-16-17-13(18)19-12;1-5(11)10-7-4-6(9)2-3-8(7)12/h4-5,8,11H,15H2,1-3H3,(H,17,18);2-4,12H,1H3,(H,10,11). The zero-order valence-electron chi connectivity index (χ0n) is 17.5. The van der Waals surface area contributed by atoms with Crippen LogP contribution in [0.15, 0.2) is 44.4 Å². The maximum atomic E-state index is 14.0. The Balaban J connectivity index is 0.000000245. The summed E-state index contributed by atoms with van der Waals surface area (Å²) in [5.74, 6) is -1.39. The molecule has 10 heteroatoms. The number of nitrogens with two attached hydrogens (primary N) is 1. The number of aryl methyl sites for hydroxylation is 1. The summed E-state index contributed by atoms with van der Waals surface area (Å²) in [6, 6.07) is 7.56. The second kappa shape index (κ2) is 10.6. The molecule has 3 rings (SSSR count). The zero-order valence-corrected chi connectivity index (χ0v) is 19.1. The molecule has 166 valence electrons. The second-order valence-corrected chi connectivity index (χ2v) is 7.93. The number of carbonyl (C=O) groups excluding carboxylic acids is 1. The molecule has 2 unspecified atom stereocenters. The molecular weight excluding hydrogens is 443 g/mol. The molecule has 1 aromatic heterocycles. The summed E-state index contributed by atoms with van der Waals surface area (Å²) in [5, 5.41) is 9.04. The Hall–Kier alpha value is -2.62. The van der Waals surface area contributed by atoms with Crippen LogP contribution in [-0.4, -0.2) is 16.1 Å². The molecule has 0 aliphatic heterocycles. The smallest absolute Gasteiger partial charge is 0.391 e. The second-order valence-electron chi connectivity index (χ2n) is 7.01. The Bertz CT molecular complexity index is 1130. The van der Waals surface area contributed by atoms with Gasteiger partial charge >= 0.3 is 5.76 Å². The minimum atomic E-state index is -0.686. The van der Waals surface area contributed by atoms with Crippen molar-refractivity contribution in [3.05, 3.63) is 74.3 Å². The van der Waals surface area contributed by atoms with E-state index in [2.05, 4.69) is 28.1 Å². The first-order valence-electron chi connectivity index (χ1n) is 9.34. The summed E-state index contributed by atoms with van der Waals surface area (Å²) in [4.78, 5) is 22.3. The van der Waals surface area contributed by atoms with Crippen LogP contribution in [0, 0.1) is 19.7 Å². The number of rotatable bonds is 4. The molecule has 4 N–H and O–H groups in total. The molecule has 31 heavy (non-hydrogen) atoms. The van der Waals surface area contributed by atoms with Crippen molar-refractivity contribution < 1.29 is 13.6 Å². The van der Waals surface area contributed by atoms with Crippen molar-refractivity contribution in [2.24, 2.45) is 5.73 Å². The quantitative estimate of drug-likeness (QED) is 0.422. The Morgan fingerprint density at radius 3 is 2.58 bits per heavy atom. The molecule has 7 nitrogen and oxygen atoms in total. The Morgan fingerprint density at radius 1 is 1.32 bits per heavy atom. The van der Waals surface area contributed by atoms with Crippen molar-refractivity contribution in [1.82, 2.24) is 10.2 Å². The van der Waals surface area contributed by atoms with E-state index in [1.54, 1.807) is 31.2 Å². The van der Waals surface area contributed by atoms with Crippen molar-refractivity contribution in [3.8, 4) is 0 Å². The summed E-state index contributed by atoms with van der Waals surface area (Å²) in [6.07, 6.45) is 0. The number of nitrogens with zero attached hydrogens (tertiary/aromatic N) is 1. The van der Waals surface area contributed by atoms with Gasteiger partial charge < -0.3 is 15.5 Å². The van der Waals surface area contributed by atoms with Gasteiger partial charge in [0.05, 0.1) is 11.7 Å². The molecule has 0 fully saturated rings. The van der Waals surface area contributed by atoms with Gasteiger partial charge in [0.1, 0.15) is 5.82 Å². The van der Waals surface area contributed by atoms with Crippen molar-refractivity contribution in [1.29, 1.82) is 0 Å². The van der Waals surface area contributed by atoms with Gasteiger partial charge in [-0.2, -0.15) is 0 Å². The minimum Gasteiger partial charge on any atom is -0.391 e. The lowest BCUT2D eigenvalue weighted by Gasteiger charge is -2.20. The summed E-state index contributed by atoms with van der Waals surface area (Å²) in [7, 11) is 0. The zero-order chi connectivity index (χ0) is 23.3. The van der Waals surface area contributed by atoms with E-state index in [0.717, 1.165) is 11.1 Å². The van der Waals surface area contributed by atoms with E-state index in [0.29, 0.717) is 21.2 Å². The van der Waals surface area contributed by atoms with Crippen LogP contribution in [-0.2, 0) is 4.79 Å². The topological polar surface area (TPSA) is 114 Å². The highest BCUT2D eigenvalue weighted by Crippen LogP contribution is 2.32. The fourth-order valence-electron chi connectivity index (χ4n) is 2.94. The molecule has 0 aliphatic rings. The van der Waals surface area contributed by atoms with Crippen molar-refractivity contribution in [2.45, 2.75) is 44.6 Å². The number of hydrogen-bond donors (Lipinski definition) is 4. The van der Waals surface area contributed by atoms with Crippen molar-refractivity contribution in [2.75, 3.05) is 5.32 Å². The molecule has 1 amide bonds. The Kier molecular flexibility index (Phi) is 8.43. The molecule has 0 saturated carbocycles. The van der Waals surface area contributed by atoms with Gasteiger partial charge in [0.15, 0.2) is 0 Å². The third-order valence-electron chi connectivity index (χ3n) is 4.74. The Morgan fingerprint density at radius 2 is 2.00 bits per heavy atom. The lowest BCUT2D eigenvalue weighted by Crippen LogP contribution is -2.20. The minimum absolute atomic E-state index is 0.0813. The first-order valence-corrected chi connectivity index (χ1v) is 10.2. The highest BCUT2D eigenvalue weighted by atomic mass is 35.5. The lowest BCUT2D eigenvalue weighted by molar-refractivity contribution is -0.114. The SMILES string of the molecule is CC(=O)Nc1cc(Cl)ccc1S.Cc1ccc(F)c(C(C)C(N)c2n[nH]c(=O)o2)c1C. The van der Waals surface area contributed by atoms with E-state index >= 15 is 0 Å². The monoisotopic (exact) mass is 466 g/mol. The summed E-state index contributed by atoms with van der Waals surface area (Å²) < 4.78 is 18.8. The fourth-order valence-corrected chi connectivity index (χ4v) is 3.31. The van der Waals surface area contributed by atoms with Gasteiger partial charge in [0, 0.05) is 22.8 Å². The van der Waals surface area contributed by atoms with Crippen LogP contribution < -0.4 is 16.8 Å². The number of carbonyl (C=O) groups is 1. The van der Waals surface area contributed by atoms with Crippen molar-refractivity contribution in [3.63, 3.8) is 0 Å². The summed E-state index contributed by atoms with van der Waals surface area (Å²) >= 11 is 9.86. The molecule has 2 atom stereocenters. The highest BCUT2D eigenvalue weighted by molar-refractivity contribution is 7.80. The van der Waals surface area contributed by atoms with Crippen LogP contribution in [0.4, 0.5) is 10.1 Å². The van der Waals surface area contributed by atoms with Crippen LogP contribution in [0.3, 0.4) is 0 Å². The predicted octanol–water partition coefficient (Wildman–Crippen LogP) is 4.51. The van der Waals surface area contributed by atoms with Crippen LogP contribution in [0.1, 0.15) is 48.4 Å². The van der Waals surface area contributed by atoms with Gasteiger partial charge in [0.25, 0.3) is 0 Å². The number of amides is 1. The van der Waals surface area contributed by atoms with E-state index in [4.69, 9.17) is 21.8 Å². The number of aromatic nitrogens is 2. The van der Waals surface area contributed by atoms with Gasteiger partial charge in [0.2, 0.25) is 11.8 Å². The third-order valence-corrected chi connectivity index (χ3v) is 5.36. The summed E-state index contributed by atoms with van der Waals surface area (Å²) in [5.41, 5.74) is 8.99. The van der Waals surface area contributed by atoms with Crippen LogP contribution in [0.2, 0.25) is 5.02 Å². The number of hydrogen-bond acceptors (Lipinski definition) is 6. The average molecular weight is 467 g/mol. The first-order chi connectivity index (χ1) is 14.5. The van der Waals surface area contributed by atoms with E-state index in [1.807, 2.05) is 13.8 Å². The maximum absolute atomic E-state index is 14.0. The molecule has 2 aromatic carbocycles. The molecule has 0 bridgehead atoms. The number of H-pyrrole nitrogens is 1. The van der Waals surface area contributed by atoms with E-state index in [9.17, 15) is 14.0 Å². The molecule has 0 spiro atoms. The Labute approximate surface area is 189 Å². The molecular formula is C21H24ClFN4O3S. The number of halogens is 2. The largest absolute Gasteiger partial charge is 0.434 e. The molecule has 0 aliphatic carbocycles. The third kappa shape index (κ3) is 6.43. The number of anilines is 1. The predicted molar refractivity (Wildman–Crippen MR) is 121 cm³/mol. The van der Waals surface area contributed by atoms with Crippen LogP contribution in [0.25, 0.3) is 0 Å². The summed E-state index contributed by atoms with van der Waals surface area (Å²) in [6.45, 7) is 6.97. The molecule has 1 heterocycles. The van der Waals surface area contributed by atoms with E-state index in [1.165, 1.54) is 13.0 Å². The number of nitrogens with one attached hydrogen (secondary N) is 2. The molecule has 0 saturated heterocycles. The molecule has 3 aromatic rings. The van der Waals surface area contributed by atoms with Gasteiger partial charge in [-0.05, 0) is 54.8 Å². The normalized spacial score (nSPS) is 12.5. The number of thiol groups is 1. The van der Waals surface area contributed by atoms with Crippen LogP contribution in [0.5, 0.6) is 0 Å². The van der Waals surface area contributed by atoms with Crippen LogP contribution >= 0.6 is 24.2 Å². The van der Waals surface area contributed by atoms with Gasteiger partial charge in [-0.25, -0.2) is 14.3 Å².